The molecule has 0 bridgehead atoms. The third kappa shape index (κ3) is 3.83. The molecule has 124 valence electrons. The molecule has 0 fully saturated rings. The van der Waals surface area contributed by atoms with Gasteiger partial charge >= 0.3 is 11.9 Å². The summed E-state index contributed by atoms with van der Waals surface area (Å²) >= 11 is 0. The summed E-state index contributed by atoms with van der Waals surface area (Å²) in [6, 6.07) is 5.29. The Morgan fingerprint density at radius 1 is 1.13 bits per heavy atom. The average Bonchev–Trinajstić information content (AvgIpc) is 2.58. The van der Waals surface area contributed by atoms with Gasteiger partial charge in [0, 0.05) is 5.56 Å². The molecule has 1 aliphatic rings. The number of hydrogen-bond acceptors (Lipinski definition) is 5. The predicted molar refractivity (Wildman–Crippen MR) is 82.3 cm³/mol. The summed E-state index contributed by atoms with van der Waals surface area (Å²) in [4.78, 5) is 23.5. The van der Waals surface area contributed by atoms with Crippen molar-refractivity contribution in [3.05, 3.63) is 35.9 Å². The quantitative estimate of drug-likeness (QED) is 0.640. The van der Waals surface area contributed by atoms with Crippen molar-refractivity contribution in [2.45, 2.75) is 19.4 Å². The molecule has 1 aromatic carbocycles. The fraction of sp³-hybridized carbons (Fsp3) is 0.412. The molecule has 1 aromatic rings. The number of aliphatic carboxylic acids is 1. The molecule has 1 N–H and O–H groups in total. The van der Waals surface area contributed by atoms with Crippen molar-refractivity contribution in [1.82, 2.24) is 0 Å². The minimum atomic E-state index is -0.977. The lowest BCUT2D eigenvalue weighted by Crippen LogP contribution is -2.32. The minimum absolute atomic E-state index is 0.00571. The maximum Gasteiger partial charge on any atom is 0.310 e. The summed E-state index contributed by atoms with van der Waals surface area (Å²) < 4.78 is 15.8. The normalized spacial score (nSPS) is 19.9. The van der Waals surface area contributed by atoms with Crippen LogP contribution >= 0.6 is 0 Å². The molecule has 0 saturated carbocycles. The highest BCUT2D eigenvalue weighted by Crippen LogP contribution is 2.32. The van der Waals surface area contributed by atoms with Gasteiger partial charge in [-0.1, -0.05) is 24.3 Å². The average molecular weight is 320 g/mol. The molecule has 0 unspecified atom stereocenters. The van der Waals surface area contributed by atoms with E-state index >= 15 is 0 Å². The van der Waals surface area contributed by atoms with E-state index in [1.807, 2.05) is 6.08 Å². The van der Waals surface area contributed by atoms with E-state index in [0.717, 1.165) is 0 Å². The second-order valence-corrected chi connectivity index (χ2v) is 5.25. The highest BCUT2D eigenvalue weighted by Gasteiger charge is 2.35. The first-order valence-electron chi connectivity index (χ1n) is 7.32. The standard InChI is InChI=1S/C17H20O6/c1-21-14-9-5-6-11(15(14)22-2)10-23-17(20)13-8-4-3-7-12(13)16(18)19/h3-6,9,12-13H,7-8,10H2,1-2H3,(H,18,19)/t12-,13+/m0/s1. The van der Waals surface area contributed by atoms with Gasteiger partial charge < -0.3 is 19.3 Å². The number of hydrogen-bond donors (Lipinski definition) is 1. The lowest BCUT2D eigenvalue weighted by Gasteiger charge is -2.23. The number of carboxylic acid groups (broad SMARTS) is 1. The number of benzene rings is 1. The summed E-state index contributed by atoms with van der Waals surface area (Å²) in [5.74, 6) is -1.83. The van der Waals surface area contributed by atoms with Crippen molar-refractivity contribution in [3.63, 3.8) is 0 Å². The zero-order chi connectivity index (χ0) is 16.8. The van der Waals surface area contributed by atoms with Crippen molar-refractivity contribution < 1.29 is 28.9 Å². The monoisotopic (exact) mass is 320 g/mol. The second kappa shape index (κ2) is 7.67. The number of carbonyl (C=O) groups excluding carboxylic acids is 1. The third-order valence-electron chi connectivity index (χ3n) is 3.91. The number of carbonyl (C=O) groups is 2. The van der Waals surface area contributed by atoms with E-state index in [4.69, 9.17) is 14.2 Å². The number of methoxy groups -OCH3 is 2. The van der Waals surface area contributed by atoms with Gasteiger partial charge in [0.15, 0.2) is 11.5 Å². The number of rotatable bonds is 6. The van der Waals surface area contributed by atoms with E-state index in [-0.39, 0.29) is 6.61 Å². The molecule has 0 heterocycles. The Kier molecular flexibility index (Phi) is 5.62. The van der Waals surface area contributed by atoms with Crippen molar-refractivity contribution in [2.75, 3.05) is 14.2 Å². The Labute approximate surface area is 134 Å². The maximum atomic E-state index is 12.2. The molecule has 2 atom stereocenters. The molecule has 23 heavy (non-hydrogen) atoms. The molecule has 0 amide bonds. The molecule has 2 rings (SSSR count). The first kappa shape index (κ1) is 16.9. The number of allylic oxidation sites excluding steroid dienone is 2. The van der Waals surface area contributed by atoms with Gasteiger partial charge in [-0.25, -0.2) is 0 Å². The number of esters is 1. The van der Waals surface area contributed by atoms with Crippen LogP contribution in [-0.2, 0) is 20.9 Å². The second-order valence-electron chi connectivity index (χ2n) is 5.25. The van der Waals surface area contributed by atoms with Gasteiger partial charge in [-0.2, -0.15) is 0 Å². The largest absolute Gasteiger partial charge is 0.493 e. The minimum Gasteiger partial charge on any atom is -0.493 e. The van der Waals surface area contributed by atoms with Crippen LogP contribution in [0.2, 0.25) is 0 Å². The van der Waals surface area contributed by atoms with Crippen LogP contribution in [0, 0.1) is 11.8 Å². The van der Waals surface area contributed by atoms with Gasteiger partial charge in [-0.3, -0.25) is 9.59 Å². The predicted octanol–water partition coefficient (Wildman–Crippen LogP) is 2.41. The lowest BCUT2D eigenvalue weighted by atomic mass is 9.83. The van der Waals surface area contributed by atoms with E-state index in [0.29, 0.717) is 29.9 Å². The number of ether oxygens (including phenoxy) is 3. The zero-order valence-corrected chi connectivity index (χ0v) is 13.2. The Morgan fingerprint density at radius 2 is 1.83 bits per heavy atom. The molecule has 6 nitrogen and oxygen atoms in total. The summed E-state index contributed by atoms with van der Waals surface area (Å²) in [7, 11) is 3.04. The molecule has 0 aliphatic heterocycles. The topological polar surface area (TPSA) is 82.1 Å². The van der Waals surface area contributed by atoms with Gasteiger partial charge in [0.05, 0.1) is 26.1 Å². The van der Waals surface area contributed by atoms with Crippen molar-refractivity contribution in [3.8, 4) is 11.5 Å². The Balaban J connectivity index is 2.07. The summed E-state index contributed by atoms with van der Waals surface area (Å²) in [6.45, 7) is 0.00571. The SMILES string of the molecule is COc1cccc(COC(=O)[C@@H]2CC=CC[C@@H]2C(=O)O)c1OC. The lowest BCUT2D eigenvalue weighted by molar-refractivity contribution is -0.158. The highest BCUT2D eigenvalue weighted by molar-refractivity contribution is 5.81. The van der Waals surface area contributed by atoms with E-state index in [9.17, 15) is 14.7 Å². The molecule has 0 spiro atoms. The molecular weight excluding hydrogens is 300 g/mol. The Bertz CT molecular complexity index is 607. The first-order chi connectivity index (χ1) is 11.1. The number of para-hydroxylation sites is 1. The maximum absolute atomic E-state index is 12.2. The smallest absolute Gasteiger partial charge is 0.310 e. The third-order valence-corrected chi connectivity index (χ3v) is 3.91. The summed E-state index contributed by atoms with van der Waals surface area (Å²) in [6.07, 6.45) is 4.33. The van der Waals surface area contributed by atoms with Crippen LogP contribution in [0.5, 0.6) is 11.5 Å². The molecular formula is C17H20O6. The Morgan fingerprint density at radius 3 is 2.43 bits per heavy atom. The molecule has 0 radical (unpaired) electrons. The first-order valence-corrected chi connectivity index (χ1v) is 7.32. The van der Waals surface area contributed by atoms with E-state index < -0.39 is 23.8 Å². The molecule has 0 saturated heterocycles. The van der Waals surface area contributed by atoms with Gasteiger partial charge in [-0.15, -0.1) is 0 Å². The van der Waals surface area contributed by atoms with Crippen LogP contribution in [0.4, 0.5) is 0 Å². The van der Waals surface area contributed by atoms with Crippen LogP contribution in [0.15, 0.2) is 30.4 Å². The highest BCUT2D eigenvalue weighted by atomic mass is 16.5. The van der Waals surface area contributed by atoms with E-state index in [1.165, 1.54) is 14.2 Å². The van der Waals surface area contributed by atoms with Crippen molar-refractivity contribution in [2.24, 2.45) is 11.8 Å². The van der Waals surface area contributed by atoms with Crippen LogP contribution in [0.25, 0.3) is 0 Å². The summed E-state index contributed by atoms with van der Waals surface area (Å²) in [5.41, 5.74) is 0.665. The van der Waals surface area contributed by atoms with Crippen LogP contribution in [-0.4, -0.2) is 31.3 Å². The van der Waals surface area contributed by atoms with Crippen LogP contribution < -0.4 is 9.47 Å². The van der Waals surface area contributed by atoms with Crippen molar-refractivity contribution in [1.29, 1.82) is 0 Å². The molecule has 6 heteroatoms. The van der Waals surface area contributed by atoms with Crippen LogP contribution in [0.1, 0.15) is 18.4 Å². The fourth-order valence-corrected chi connectivity index (χ4v) is 2.67. The molecule has 1 aliphatic carbocycles. The van der Waals surface area contributed by atoms with Crippen molar-refractivity contribution >= 4 is 11.9 Å². The number of carboxylic acids is 1. The van der Waals surface area contributed by atoms with Gasteiger partial charge in [0.2, 0.25) is 0 Å². The van der Waals surface area contributed by atoms with Crippen LogP contribution in [0.3, 0.4) is 0 Å². The van der Waals surface area contributed by atoms with E-state index in [1.54, 1.807) is 24.3 Å². The van der Waals surface area contributed by atoms with Gasteiger partial charge in [-0.05, 0) is 18.9 Å². The molecule has 0 aromatic heterocycles. The van der Waals surface area contributed by atoms with Gasteiger partial charge in [0.1, 0.15) is 6.61 Å². The fourth-order valence-electron chi connectivity index (χ4n) is 2.67. The summed E-state index contributed by atoms with van der Waals surface area (Å²) in [5, 5.41) is 9.22. The zero-order valence-electron chi connectivity index (χ0n) is 13.2. The van der Waals surface area contributed by atoms with Gasteiger partial charge in [0.25, 0.3) is 0 Å². The Hall–Kier alpha value is -2.50. The van der Waals surface area contributed by atoms with E-state index in [2.05, 4.69) is 0 Å².